The molecule has 0 saturated heterocycles. The number of benzene rings is 1. The monoisotopic (exact) mass is 290 g/mol. The molecule has 1 aromatic rings. The molecule has 0 bridgehead atoms. The number of hydrogen-bond acceptors (Lipinski definition) is 4. The number of nitro groups is 1. The van der Waals surface area contributed by atoms with Crippen LogP contribution in [0.5, 0.6) is 0 Å². The van der Waals surface area contributed by atoms with Crippen LogP contribution in [0.3, 0.4) is 0 Å². The lowest BCUT2D eigenvalue weighted by molar-refractivity contribution is -0.384. The van der Waals surface area contributed by atoms with E-state index in [4.69, 9.17) is 4.74 Å². The minimum Gasteiger partial charge on any atom is -0.375 e. The van der Waals surface area contributed by atoms with Gasteiger partial charge < -0.3 is 10.1 Å². The SMILES string of the molecule is C=C(C)COCCNC(=O)/C=C/c1cccc([N+](=O)[O-])c1. The molecule has 0 aromatic heterocycles. The summed E-state index contributed by atoms with van der Waals surface area (Å²) < 4.78 is 5.24. The standard InChI is InChI=1S/C15H18N2O4/c1-12(2)11-21-9-8-16-15(18)7-6-13-4-3-5-14(10-13)17(19)20/h3-7,10H,1,8-9,11H2,2H3,(H,16,18)/b7-6+. The van der Waals surface area contributed by atoms with Gasteiger partial charge >= 0.3 is 0 Å². The number of hydrogen-bond donors (Lipinski definition) is 1. The zero-order valence-electron chi connectivity index (χ0n) is 11.9. The van der Waals surface area contributed by atoms with Crippen molar-refractivity contribution in [3.63, 3.8) is 0 Å². The van der Waals surface area contributed by atoms with Crippen LogP contribution in [0.15, 0.2) is 42.5 Å². The third kappa shape index (κ3) is 7.03. The van der Waals surface area contributed by atoms with Crippen LogP contribution in [-0.4, -0.2) is 30.6 Å². The van der Waals surface area contributed by atoms with Gasteiger partial charge in [0.05, 0.1) is 18.1 Å². The Bertz CT molecular complexity index is 552. The lowest BCUT2D eigenvalue weighted by Crippen LogP contribution is -2.25. The zero-order valence-corrected chi connectivity index (χ0v) is 11.9. The summed E-state index contributed by atoms with van der Waals surface area (Å²) in [5.41, 5.74) is 1.51. The molecule has 0 heterocycles. The van der Waals surface area contributed by atoms with Crippen LogP contribution in [0, 0.1) is 10.1 Å². The molecular formula is C15H18N2O4. The van der Waals surface area contributed by atoms with Gasteiger partial charge in [-0.05, 0) is 18.6 Å². The third-order valence-corrected chi connectivity index (χ3v) is 2.40. The number of carbonyl (C=O) groups is 1. The molecule has 0 fully saturated rings. The molecule has 0 spiro atoms. The molecule has 21 heavy (non-hydrogen) atoms. The number of carbonyl (C=O) groups excluding carboxylic acids is 1. The van der Waals surface area contributed by atoms with E-state index in [0.29, 0.717) is 25.3 Å². The van der Waals surface area contributed by atoms with Crippen LogP contribution >= 0.6 is 0 Å². The summed E-state index contributed by atoms with van der Waals surface area (Å²) >= 11 is 0. The van der Waals surface area contributed by atoms with E-state index in [2.05, 4.69) is 11.9 Å². The van der Waals surface area contributed by atoms with Crippen LogP contribution in [0.1, 0.15) is 12.5 Å². The van der Waals surface area contributed by atoms with Crippen LogP contribution in [0.2, 0.25) is 0 Å². The van der Waals surface area contributed by atoms with Crippen molar-refractivity contribution in [3.8, 4) is 0 Å². The average molecular weight is 290 g/mol. The van der Waals surface area contributed by atoms with E-state index < -0.39 is 4.92 Å². The van der Waals surface area contributed by atoms with Crippen molar-refractivity contribution in [3.05, 3.63) is 58.2 Å². The molecule has 0 aliphatic rings. The Morgan fingerprint density at radius 1 is 1.52 bits per heavy atom. The van der Waals surface area contributed by atoms with Gasteiger partial charge in [0.1, 0.15) is 0 Å². The fourth-order valence-corrected chi connectivity index (χ4v) is 1.47. The third-order valence-electron chi connectivity index (χ3n) is 2.40. The van der Waals surface area contributed by atoms with Gasteiger partial charge in [0.2, 0.25) is 5.91 Å². The maximum atomic E-state index is 11.5. The smallest absolute Gasteiger partial charge is 0.270 e. The summed E-state index contributed by atoms with van der Waals surface area (Å²) in [7, 11) is 0. The van der Waals surface area contributed by atoms with Gasteiger partial charge in [0.15, 0.2) is 0 Å². The number of non-ortho nitro benzene ring substituents is 1. The quantitative estimate of drug-likeness (QED) is 0.262. The Hall–Kier alpha value is -2.47. The molecule has 0 saturated carbocycles. The molecular weight excluding hydrogens is 272 g/mol. The topological polar surface area (TPSA) is 81.5 Å². The predicted octanol–water partition coefficient (Wildman–Crippen LogP) is 2.32. The number of amides is 1. The minimum atomic E-state index is -0.476. The number of nitrogens with one attached hydrogen (secondary N) is 1. The fraction of sp³-hybridized carbons (Fsp3) is 0.267. The molecule has 1 rings (SSSR count). The highest BCUT2D eigenvalue weighted by molar-refractivity contribution is 5.91. The van der Waals surface area contributed by atoms with Crippen molar-refractivity contribution in [2.75, 3.05) is 19.8 Å². The molecule has 0 aliphatic heterocycles. The fourth-order valence-electron chi connectivity index (χ4n) is 1.47. The predicted molar refractivity (Wildman–Crippen MR) is 80.8 cm³/mol. The Morgan fingerprint density at radius 2 is 2.29 bits per heavy atom. The average Bonchev–Trinajstić information content (AvgIpc) is 2.44. The van der Waals surface area contributed by atoms with E-state index in [9.17, 15) is 14.9 Å². The van der Waals surface area contributed by atoms with Crippen molar-refractivity contribution in [1.29, 1.82) is 0 Å². The Labute approximate surface area is 123 Å². The lowest BCUT2D eigenvalue weighted by Gasteiger charge is -2.04. The first-order valence-electron chi connectivity index (χ1n) is 6.41. The highest BCUT2D eigenvalue weighted by Gasteiger charge is 2.04. The first kappa shape index (κ1) is 16.6. The van der Waals surface area contributed by atoms with Gasteiger partial charge in [0.25, 0.3) is 5.69 Å². The van der Waals surface area contributed by atoms with E-state index in [0.717, 1.165) is 5.57 Å². The van der Waals surface area contributed by atoms with Crippen molar-refractivity contribution < 1.29 is 14.5 Å². The summed E-state index contributed by atoms with van der Waals surface area (Å²) in [6.07, 6.45) is 2.86. The summed E-state index contributed by atoms with van der Waals surface area (Å²) in [5, 5.41) is 13.3. The first-order chi connectivity index (χ1) is 9.99. The van der Waals surface area contributed by atoms with Gasteiger partial charge in [0, 0.05) is 24.8 Å². The molecule has 1 N–H and O–H groups in total. The lowest BCUT2D eigenvalue weighted by atomic mass is 10.2. The second-order valence-corrected chi connectivity index (χ2v) is 4.49. The second kappa shape index (κ2) is 8.65. The maximum absolute atomic E-state index is 11.5. The molecule has 1 amide bonds. The number of ether oxygens (including phenoxy) is 1. The number of nitrogens with zero attached hydrogens (tertiary/aromatic N) is 1. The molecule has 0 radical (unpaired) electrons. The van der Waals surface area contributed by atoms with E-state index in [1.165, 1.54) is 24.3 Å². The van der Waals surface area contributed by atoms with Crippen molar-refractivity contribution in [1.82, 2.24) is 5.32 Å². The highest BCUT2D eigenvalue weighted by atomic mass is 16.6. The Kier molecular flexibility index (Phi) is 6.83. The summed E-state index contributed by atoms with van der Waals surface area (Å²) in [5.74, 6) is -0.277. The first-order valence-corrected chi connectivity index (χ1v) is 6.41. The van der Waals surface area contributed by atoms with Crippen LogP contribution < -0.4 is 5.32 Å². The minimum absolute atomic E-state index is 0.00856. The molecule has 0 unspecified atom stereocenters. The molecule has 112 valence electrons. The normalized spacial score (nSPS) is 10.5. The van der Waals surface area contributed by atoms with Crippen LogP contribution in [-0.2, 0) is 9.53 Å². The van der Waals surface area contributed by atoms with Gasteiger partial charge in [-0.1, -0.05) is 24.3 Å². The van der Waals surface area contributed by atoms with Crippen molar-refractivity contribution >= 4 is 17.7 Å². The molecule has 1 aromatic carbocycles. The largest absolute Gasteiger partial charge is 0.375 e. The van der Waals surface area contributed by atoms with E-state index >= 15 is 0 Å². The van der Waals surface area contributed by atoms with Crippen molar-refractivity contribution in [2.24, 2.45) is 0 Å². The number of nitro benzene ring substituents is 1. The summed E-state index contributed by atoms with van der Waals surface area (Å²) in [6, 6.07) is 6.06. The van der Waals surface area contributed by atoms with Crippen LogP contribution in [0.4, 0.5) is 5.69 Å². The molecule has 0 aliphatic carbocycles. The maximum Gasteiger partial charge on any atom is 0.270 e. The molecule has 0 atom stereocenters. The van der Waals surface area contributed by atoms with E-state index in [1.807, 2.05) is 6.92 Å². The zero-order chi connectivity index (χ0) is 15.7. The highest BCUT2D eigenvalue weighted by Crippen LogP contribution is 2.13. The van der Waals surface area contributed by atoms with E-state index in [1.54, 1.807) is 12.1 Å². The Morgan fingerprint density at radius 3 is 2.95 bits per heavy atom. The molecule has 6 heteroatoms. The molecule has 6 nitrogen and oxygen atoms in total. The van der Waals surface area contributed by atoms with E-state index in [-0.39, 0.29) is 11.6 Å². The van der Waals surface area contributed by atoms with Crippen LogP contribution in [0.25, 0.3) is 6.08 Å². The van der Waals surface area contributed by atoms with Gasteiger partial charge in [-0.2, -0.15) is 0 Å². The summed E-state index contributed by atoms with van der Waals surface area (Å²) in [6.45, 7) is 6.83. The van der Waals surface area contributed by atoms with Crippen molar-refractivity contribution in [2.45, 2.75) is 6.92 Å². The van der Waals surface area contributed by atoms with Gasteiger partial charge in [-0.25, -0.2) is 0 Å². The second-order valence-electron chi connectivity index (χ2n) is 4.49. The van der Waals surface area contributed by atoms with Gasteiger partial charge in [-0.3, -0.25) is 14.9 Å². The number of rotatable bonds is 8. The summed E-state index contributed by atoms with van der Waals surface area (Å²) in [4.78, 5) is 21.7. The van der Waals surface area contributed by atoms with Gasteiger partial charge in [-0.15, -0.1) is 0 Å². The Balaban J connectivity index is 2.38.